The van der Waals surface area contributed by atoms with Gasteiger partial charge in [0, 0.05) is 16.8 Å². The number of rotatable bonds is 2. The van der Waals surface area contributed by atoms with Crippen molar-refractivity contribution >= 4 is 22.4 Å². The van der Waals surface area contributed by atoms with Gasteiger partial charge >= 0.3 is 0 Å². The van der Waals surface area contributed by atoms with Crippen LogP contribution in [0, 0.1) is 13.8 Å². The van der Waals surface area contributed by atoms with Crippen molar-refractivity contribution in [3.8, 4) is 11.4 Å². The van der Waals surface area contributed by atoms with E-state index in [0.29, 0.717) is 10.4 Å². The van der Waals surface area contributed by atoms with Crippen molar-refractivity contribution in [3.05, 3.63) is 87.6 Å². The van der Waals surface area contributed by atoms with Crippen LogP contribution in [-0.2, 0) is 0 Å². The maximum Gasteiger partial charge on any atom is 0.281 e. The van der Waals surface area contributed by atoms with Gasteiger partial charge in [-0.15, -0.1) is 0 Å². The molecular weight excluding hydrogens is 334 g/mol. The topological polar surface area (TPSA) is 39.8 Å². The molecule has 2 aromatic heterocycles. The van der Waals surface area contributed by atoms with Gasteiger partial charge in [-0.2, -0.15) is 9.78 Å². The van der Waals surface area contributed by atoms with E-state index in [1.807, 2.05) is 73.0 Å². The Hall–Kier alpha value is -2.85. The van der Waals surface area contributed by atoms with Crippen LogP contribution in [0.1, 0.15) is 11.4 Å². The van der Waals surface area contributed by atoms with E-state index in [4.69, 9.17) is 11.6 Å². The van der Waals surface area contributed by atoms with E-state index in [2.05, 4.69) is 5.10 Å². The van der Waals surface area contributed by atoms with Gasteiger partial charge in [0.25, 0.3) is 5.56 Å². The number of aromatic nitrogens is 3. The molecule has 0 spiro atoms. The monoisotopic (exact) mass is 349 g/mol. The molecule has 0 saturated carbocycles. The van der Waals surface area contributed by atoms with Crippen LogP contribution in [0.2, 0.25) is 5.02 Å². The summed E-state index contributed by atoms with van der Waals surface area (Å²) in [6, 6.07) is 17.1. The van der Waals surface area contributed by atoms with E-state index >= 15 is 0 Å². The Kier molecular flexibility index (Phi) is 3.70. The second kappa shape index (κ2) is 5.90. The minimum absolute atomic E-state index is 0.130. The van der Waals surface area contributed by atoms with Gasteiger partial charge in [0.1, 0.15) is 0 Å². The van der Waals surface area contributed by atoms with Crippen LogP contribution in [0.3, 0.4) is 0 Å². The molecule has 25 heavy (non-hydrogen) atoms. The molecule has 0 radical (unpaired) electrons. The first-order valence-corrected chi connectivity index (χ1v) is 8.37. The molecule has 0 unspecified atom stereocenters. The van der Waals surface area contributed by atoms with E-state index in [9.17, 15) is 4.79 Å². The maximum atomic E-state index is 13.1. The van der Waals surface area contributed by atoms with Crippen molar-refractivity contribution in [1.29, 1.82) is 0 Å². The Morgan fingerprint density at radius 1 is 0.920 bits per heavy atom. The predicted molar refractivity (Wildman–Crippen MR) is 101 cm³/mol. The van der Waals surface area contributed by atoms with Gasteiger partial charge in [-0.05, 0) is 38.1 Å². The summed E-state index contributed by atoms with van der Waals surface area (Å²) >= 11 is 6.38. The zero-order chi connectivity index (χ0) is 17.6. The van der Waals surface area contributed by atoms with Crippen LogP contribution < -0.4 is 5.56 Å². The molecule has 0 aliphatic carbocycles. The van der Waals surface area contributed by atoms with Crippen LogP contribution in [0.15, 0.2) is 65.6 Å². The van der Waals surface area contributed by atoms with Crippen LogP contribution in [0.5, 0.6) is 0 Å². The molecule has 124 valence electrons. The number of aryl methyl sites for hydroxylation is 2. The molecule has 4 nitrogen and oxygen atoms in total. The number of para-hydroxylation sites is 2. The standard InChI is InChI=1S/C20H16ClN3O/c1-13-16-12-22-24(15-8-4-3-5-9-15)20(25)19(16)14(2)23(13)18-11-7-6-10-17(18)21/h3-12H,1-2H3. The summed E-state index contributed by atoms with van der Waals surface area (Å²) in [5.41, 5.74) is 3.29. The highest BCUT2D eigenvalue weighted by Gasteiger charge is 2.18. The molecule has 0 atom stereocenters. The highest BCUT2D eigenvalue weighted by Crippen LogP contribution is 2.29. The van der Waals surface area contributed by atoms with Crippen molar-refractivity contribution in [2.45, 2.75) is 13.8 Å². The van der Waals surface area contributed by atoms with E-state index in [0.717, 1.165) is 28.1 Å². The first kappa shape index (κ1) is 15.7. The van der Waals surface area contributed by atoms with E-state index in [1.54, 1.807) is 6.20 Å². The minimum atomic E-state index is -0.130. The Morgan fingerprint density at radius 3 is 2.32 bits per heavy atom. The van der Waals surface area contributed by atoms with E-state index < -0.39 is 0 Å². The molecule has 2 heterocycles. The lowest BCUT2D eigenvalue weighted by Gasteiger charge is -2.10. The number of hydrogen-bond donors (Lipinski definition) is 0. The average molecular weight is 350 g/mol. The number of fused-ring (bicyclic) bond motifs is 1. The fourth-order valence-electron chi connectivity index (χ4n) is 3.31. The third-order valence-corrected chi connectivity index (χ3v) is 4.81. The lowest BCUT2D eigenvalue weighted by Crippen LogP contribution is -2.21. The molecule has 4 aromatic rings. The van der Waals surface area contributed by atoms with Gasteiger partial charge in [-0.3, -0.25) is 4.79 Å². The third kappa shape index (κ3) is 2.37. The summed E-state index contributed by atoms with van der Waals surface area (Å²) in [4.78, 5) is 13.1. The van der Waals surface area contributed by atoms with Gasteiger partial charge < -0.3 is 4.57 Å². The number of hydrogen-bond acceptors (Lipinski definition) is 2. The third-order valence-electron chi connectivity index (χ3n) is 4.49. The normalized spacial score (nSPS) is 11.2. The zero-order valence-electron chi connectivity index (χ0n) is 13.9. The number of nitrogens with zero attached hydrogens (tertiary/aromatic N) is 3. The summed E-state index contributed by atoms with van der Waals surface area (Å²) in [6.07, 6.45) is 1.75. The second-order valence-corrected chi connectivity index (χ2v) is 6.35. The summed E-state index contributed by atoms with van der Waals surface area (Å²) in [6.45, 7) is 3.92. The van der Waals surface area contributed by atoms with Crippen LogP contribution >= 0.6 is 11.6 Å². The highest BCUT2D eigenvalue weighted by atomic mass is 35.5. The molecule has 2 aromatic carbocycles. The summed E-state index contributed by atoms with van der Waals surface area (Å²) in [5, 5.41) is 6.52. The number of halogens is 1. The van der Waals surface area contributed by atoms with Crippen LogP contribution in [-0.4, -0.2) is 14.3 Å². The van der Waals surface area contributed by atoms with Gasteiger partial charge in [-0.25, -0.2) is 0 Å². The summed E-state index contributed by atoms with van der Waals surface area (Å²) < 4.78 is 3.46. The lowest BCUT2D eigenvalue weighted by molar-refractivity contribution is 0.821. The molecule has 0 aliphatic rings. The van der Waals surface area contributed by atoms with Crippen molar-refractivity contribution < 1.29 is 0 Å². The SMILES string of the molecule is Cc1c2cnn(-c3ccccc3)c(=O)c2c(C)n1-c1ccccc1Cl. The van der Waals surface area contributed by atoms with Crippen LogP contribution in [0.4, 0.5) is 0 Å². The molecule has 5 heteroatoms. The minimum Gasteiger partial charge on any atom is -0.316 e. The van der Waals surface area contributed by atoms with Gasteiger partial charge in [0.15, 0.2) is 0 Å². The van der Waals surface area contributed by atoms with E-state index in [-0.39, 0.29) is 5.56 Å². The Morgan fingerprint density at radius 2 is 1.60 bits per heavy atom. The molecule has 0 amide bonds. The molecule has 4 rings (SSSR count). The predicted octanol–water partition coefficient (Wildman–Crippen LogP) is 4.45. The van der Waals surface area contributed by atoms with Gasteiger partial charge in [0.2, 0.25) is 0 Å². The zero-order valence-corrected chi connectivity index (χ0v) is 14.7. The van der Waals surface area contributed by atoms with Crippen molar-refractivity contribution in [2.24, 2.45) is 0 Å². The Labute approximate surface area is 149 Å². The first-order chi connectivity index (χ1) is 12.1. The summed E-state index contributed by atoms with van der Waals surface area (Å²) in [5.74, 6) is 0. The Bertz CT molecular complexity index is 1140. The lowest BCUT2D eigenvalue weighted by atomic mass is 10.2. The van der Waals surface area contributed by atoms with Crippen molar-refractivity contribution in [1.82, 2.24) is 14.3 Å². The van der Waals surface area contributed by atoms with Gasteiger partial charge in [0.05, 0.1) is 28.0 Å². The van der Waals surface area contributed by atoms with Crippen molar-refractivity contribution in [2.75, 3.05) is 0 Å². The van der Waals surface area contributed by atoms with Gasteiger partial charge in [-0.1, -0.05) is 41.9 Å². The fraction of sp³-hybridized carbons (Fsp3) is 0.100. The Balaban J connectivity index is 2.06. The largest absolute Gasteiger partial charge is 0.316 e. The molecular formula is C20H16ClN3O. The average Bonchev–Trinajstić information content (AvgIpc) is 2.88. The van der Waals surface area contributed by atoms with E-state index in [1.165, 1.54) is 4.68 Å². The van der Waals surface area contributed by atoms with Crippen molar-refractivity contribution in [3.63, 3.8) is 0 Å². The smallest absolute Gasteiger partial charge is 0.281 e. The van der Waals surface area contributed by atoms with Crippen LogP contribution in [0.25, 0.3) is 22.1 Å². The quantitative estimate of drug-likeness (QED) is 0.536. The first-order valence-electron chi connectivity index (χ1n) is 8.00. The maximum absolute atomic E-state index is 13.1. The molecule has 0 saturated heterocycles. The molecule has 0 aliphatic heterocycles. The second-order valence-electron chi connectivity index (χ2n) is 5.94. The molecule has 0 bridgehead atoms. The number of benzene rings is 2. The fourth-order valence-corrected chi connectivity index (χ4v) is 3.53. The molecule has 0 N–H and O–H groups in total. The molecule has 0 fully saturated rings. The summed E-state index contributed by atoms with van der Waals surface area (Å²) in [7, 11) is 0. The highest BCUT2D eigenvalue weighted by molar-refractivity contribution is 6.32.